The van der Waals surface area contributed by atoms with Gasteiger partial charge >= 0.3 is 0 Å². The topological polar surface area (TPSA) is 20.2 Å². The molecule has 0 atom stereocenters. The second-order valence-electron chi connectivity index (χ2n) is 2.35. The normalized spacial score (nSPS) is 10.2. The minimum Gasteiger partial charge on any atom is -0.392 e. The van der Waals surface area contributed by atoms with Crippen molar-refractivity contribution in [3.05, 3.63) is 33.3 Å². The van der Waals surface area contributed by atoms with Gasteiger partial charge in [-0.25, -0.2) is 0 Å². The lowest BCUT2D eigenvalue weighted by Crippen LogP contribution is -1.88. The van der Waals surface area contributed by atoms with E-state index in [1.54, 1.807) is 12.1 Å². The average molecular weight is 191 g/mol. The summed E-state index contributed by atoms with van der Waals surface area (Å²) in [6, 6.07) is 3.43. The molecule has 0 saturated heterocycles. The predicted octanol–water partition coefficient (Wildman–Crippen LogP) is 2.79. The molecular weight excluding hydrogens is 183 g/mol. The predicted molar refractivity (Wildman–Crippen MR) is 47.1 cm³/mol. The molecule has 0 fully saturated rings. The second kappa shape index (κ2) is 3.44. The number of hydrogen-bond acceptors (Lipinski definition) is 1. The molecule has 0 radical (unpaired) electrons. The van der Waals surface area contributed by atoms with Crippen LogP contribution in [-0.4, -0.2) is 5.11 Å². The van der Waals surface area contributed by atoms with Crippen molar-refractivity contribution >= 4 is 23.2 Å². The van der Waals surface area contributed by atoms with Gasteiger partial charge in [-0.2, -0.15) is 0 Å². The van der Waals surface area contributed by atoms with E-state index in [1.165, 1.54) is 0 Å². The van der Waals surface area contributed by atoms with E-state index < -0.39 is 0 Å². The largest absolute Gasteiger partial charge is 0.392 e. The fraction of sp³-hybridized carbons (Fsp3) is 0.250. The van der Waals surface area contributed by atoms with E-state index in [0.29, 0.717) is 10.0 Å². The number of hydrogen-bond donors (Lipinski definition) is 1. The SMILES string of the molecule is Cc1cc(Cl)c(Cl)cc1CO. The van der Waals surface area contributed by atoms with Crippen LogP contribution >= 0.6 is 23.2 Å². The van der Waals surface area contributed by atoms with Crippen molar-refractivity contribution in [2.45, 2.75) is 13.5 Å². The number of aliphatic hydroxyl groups excluding tert-OH is 1. The molecule has 0 aliphatic rings. The van der Waals surface area contributed by atoms with Crippen molar-refractivity contribution in [1.82, 2.24) is 0 Å². The summed E-state index contributed by atoms with van der Waals surface area (Å²) in [6.07, 6.45) is 0. The lowest BCUT2D eigenvalue weighted by molar-refractivity contribution is 0.281. The third kappa shape index (κ3) is 1.86. The van der Waals surface area contributed by atoms with E-state index in [-0.39, 0.29) is 6.61 Å². The smallest absolute Gasteiger partial charge is 0.0684 e. The molecule has 11 heavy (non-hydrogen) atoms. The van der Waals surface area contributed by atoms with E-state index >= 15 is 0 Å². The minimum atomic E-state index is 0.00270. The molecule has 1 rings (SSSR count). The first-order valence-electron chi connectivity index (χ1n) is 3.20. The second-order valence-corrected chi connectivity index (χ2v) is 3.17. The summed E-state index contributed by atoms with van der Waals surface area (Å²) in [5.74, 6) is 0. The lowest BCUT2D eigenvalue weighted by Gasteiger charge is -2.03. The molecule has 1 aromatic carbocycles. The number of rotatable bonds is 1. The fourth-order valence-electron chi connectivity index (χ4n) is 0.858. The summed E-state index contributed by atoms with van der Waals surface area (Å²) in [7, 11) is 0. The van der Waals surface area contributed by atoms with Crippen LogP contribution in [0.5, 0.6) is 0 Å². The van der Waals surface area contributed by atoms with Crippen molar-refractivity contribution in [2.75, 3.05) is 0 Å². The highest BCUT2D eigenvalue weighted by Gasteiger charge is 2.02. The molecule has 0 bridgehead atoms. The first kappa shape index (κ1) is 8.85. The molecule has 0 aliphatic heterocycles. The van der Waals surface area contributed by atoms with Gasteiger partial charge in [-0.15, -0.1) is 0 Å². The van der Waals surface area contributed by atoms with Crippen LogP contribution in [0.3, 0.4) is 0 Å². The van der Waals surface area contributed by atoms with Gasteiger partial charge in [0.05, 0.1) is 16.7 Å². The van der Waals surface area contributed by atoms with Crippen LogP contribution in [-0.2, 0) is 6.61 Å². The summed E-state index contributed by atoms with van der Waals surface area (Å²) >= 11 is 11.5. The molecule has 1 aromatic rings. The van der Waals surface area contributed by atoms with Crippen LogP contribution in [0.25, 0.3) is 0 Å². The standard InChI is InChI=1S/C8H8Cl2O/c1-5-2-7(9)8(10)3-6(5)4-11/h2-3,11H,4H2,1H3. The Hall–Kier alpha value is -0.240. The molecule has 3 heteroatoms. The molecule has 0 aromatic heterocycles. The zero-order valence-corrected chi connectivity index (χ0v) is 7.58. The maximum Gasteiger partial charge on any atom is 0.0684 e. The lowest BCUT2D eigenvalue weighted by atomic mass is 10.1. The van der Waals surface area contributed by atoms with E-state index in [9.17, 15) is 0 Å². The van der Waals surface area contributed by atoms with Gasteiger partial charge in [-0.1, -0.05) is 23.2 Å². The minimum absolute atomic E-state index is 0.00270. The summed E-state index contributed by atoms with van der Waals surface area (Å²) in [5, 5.41) is 9.85. The summed E-state index contributed by atoms with van der Waals surface area (Å²) in [6.45, 7) is 1.89. The Morgan fingerprint density at radius 1 is 1.27 bits per heavy atom. The Kier molecular flexibility index (Phi) is 2.77. The molecule has 0 unspecified atom stereocenters. The highest BCUT2D eigenvalue weighted by Crippen LogP contribution is 2.25. The number of aliphatic hydroxyl groups is 1. The molecule has 0 aliphatic carbocycles. The maximum atomic E-state index is 8.83. The maximum absolute atomic E-state index is 8.83. The quantitative estimate of drug-likeness (QED) is 0.723. The molecule has 0 amide bonds. The summed E-state index contributed by atoms with van der Waals surface area (Å²) < 4.78 is 0. The van der Waals surface area contributed by atoms with Crippen molar-refractivity contribution in [3.8, 4) is 0 Å². The molecule has 60 valence electrons. The molecular formula is C8H8Cl2O. The molecule has 0 heterocycles. The molecule has 0 saturated carbocycles. The molecule has 1 N–H and O–H groups in total. The van der Waals surface area contributed by atoms with Crippen molar-refractivity contribution < 1.29 is 5.11 Å². The highest BCUT2D eigenvalue weighted by atomic mass is 35.5. The average Bonchev–Trinajstić information content (AvgIpc) is 1.97. The van der Waals surface area contributed by atoms with Crippen LogP contribution < -0.4 is 0 Å². The zero-order chi connectivity index (χ0) is 8.43. The number of benzene rings is 1. The Morgan fingerprint density at radius 2 is 1.82 bits per heavy atom. The fourth-order valence-corrected chi connectivity index (χ4v) is 1.26. The third-order valence-corrected chi connectivity index (χ3v) is 2.27. The van der Waals surface area contributed by atoms with E-state index in [2.05, 4.69) is 0 Å². The Morgan fingerprint density at radius 3 is 2.36 bits per heavy atom. The van der Waals surface area contributed by atoms with Gasteiger partial charge < -0.3 is 5.11 Å². The highest BCUT2D eigenvalue weighted by molar-refractivity contribution is 6.42. The van der Waals surface area contributed by atoms with Gasteiger partial charge in [0.15, 0.2) is 0 Å². The number of aryl methyl sites for hydroxylation is 1. The summed E-state index contributed by atoms with van der Waals surface area (Å²) in [4.78, 5) is 0. The van der Waals surface area contributed by atoms with Crippen molar-refractivity contribution in [1.29, 1.82) is 0 Å². The van der Waals surface area contributed by atoms with Crippen LogP contribution in [0.1, 0.15) is 11.1 Å². The van der Waals surface area contributed by atoms with Gasteiger partial charge in [0.25, 0.3) is 0 Å². The van der Waals surface area contributed by atoms with Gasteiger partial charge in [-0.3, -0.25) is 0 Å². The Bertz CT molecular complexity index is 271. The van der Waals surface area contributed by atoms with Crippen LogP contribution in [0, 0.1) is 6.92 Å². The van der Waals surface area contributed by atoms with E-state index in [0.717, 1.165) is 11.1 Å². The number of halogens is 2. The van der Waals surface area contributed by atoms with Crippen LogP contribution in [0.2, 0.25) is 10.0 Å². The Labute approximate surface area is 75.6 Å². The summed E-state index contributed by atoms with van der Waals surface area (Å²) in [5.41, 5.74) is 1.78. The molecule has 0 spiro atoms. The monoisotopic (exact) mass is 190 g/mol. The van der Waals surface area contributed by atoms with Crippen molar-refractivity contribution in [3.63, 3.8) is 0 Å². The van der Waals surface area contributed by atoms with Gasteiger partial charge in [-0.05, 0) is 30.2 Å². The Balaban J connectivity index is 3.21. The third-order valence-electron chi connectivity index (χ3n) is 1.55. The van der Waals surface area contributed by atoms with Gasteiger partial charge in [0.2, 0.25) is 0 Å². The van der Waals surface area contributed by atoms with E-state index in [4.69, 9.17) is 28.3 Å². The van der Waals surface area contributed by atoms with Gasteiger partial charge in [0.1, 0.15) is 0 Å². The first-order chi connectivity index (χ1) is 5.15. The molecule has 1 nitrogen and oxygen atoms in total. The van der Waals surface area contributed by atoms with E-state index in [1.807, 2.05) is 6.92 Å². The van der Waals surface area contributed by atoms with Crippen LogP contribution in [0.15, 0.2) is 12.1 Å². The zero-order valence-electron chi connectivity index (χ0n) is 6.06. The van der Waals surface area contributed by atoms with Crippen LogP contribution in [0.4, 0.5) is 0 Å². The van der Waals surface area contributed by atoms with Gasteiger partial charge in [0, 0.05) is 0 Å². The first-order valence-corrected chi connectivity index (χ1v) is 3.96. The van der Waals surface area contributed by atoms with Crippen molar-refractivity contribution in [2.24, 2.45) is 0 Å².